The number of allylic oxidation sites excluding steroid dienone is 1. The number of rotatable bonds is 7. The van der Waals surface area contributed by atoms with E-state index < -0.39 is 11.9 Å². The molecule has 1 aliphatic carbocycles. The minimum atomic E-state index is -0.741. The third kappa shape index (κ3) is 5.36. The van der Waals surface area contributed by atoms with E-state index in [1.54, 1.807) is 18.3 Å². The van der Waals surface area contributed by atoms with Crippen molar-refractivity contribution in [2.24, 2.45) is 5.73 Å². The lowest BCUT2D eigenvalue weighted by Gasteiger charge is -2.28. The number of pyridine rings is 1. The molecule has 0 saturated carbocycles. The Kier molecular flexibility index (Phi) is 8.79. The van der Waals surface area contributed by atoms with E-state index in [1.807, 2.05) is 41.8 Å². The molecule has 0 saturated heterocycles. The number of nitriles is 2. The van der Waals surface area contributed by atoms with Crippen LogP contribution in [0, 0.1) is 26.2 Å². The van der Waals surface area contributed by atoms with Crippen molar-refractivity contribution in [1.29, 1.82) is 10.5 Å². The van der Waals surface area contributed by atoms with Gasteiger partial charge in [0.05, 0.1) is 29.4 Å². The van der Waals surface area contributed by atoms with E-state index in [9.17, 15) is 15.3 Å². The number of nitrogens with two attached hydrogens (primary N) is 1. The highest BCUT2D eigenvalue weighted by atomic mass is 127. The van der Waals surface area contributed by atoms with E-state index in [1.165, 1.54) is 11.8 Å². The molecule has 5 rings (SSSR count). The molecule has 40 heavy (non-hydrogen) atoms. The number of benzene rings is 1. The van der Waals surface area contributed by atoms with Gasteiger partial charge in [0.2, 0.25) is 5.88 Å². The van der Waals surface area contributed by atoms with Crippen LogP contribution in [0.5, 0.6) is 0 Å². The van der Waals surface area contributed by atoms with Crippen LogP contribution in [0.1, 0.15) is 48.1 Å². The maximum Gasteiger partial charge on any atom is 0.338 e. The Morgan fingerprint density at radius 1 is 1.23 bits per heavy atom. The zero-order chi connectivity index (χ0) is 28.2. The molecule has 0 fully saturated rings. The Labute approximate surface area is 254 Å². The summed E-state index contributed by atoms with van der Waals surface area (Å²) in [6, 6.07) is 16.1. The van der Waals surface area contributed by atoms with E-state index >= 15 is 0 Å². The molecular formula is C30H25IN4O3S2. The van der Waals surface area contributed by atoms with Crippen LogP contribution in [-0.4, -0.2) is 23.3 Å². The first-order valence-electron chi connectivity index (χ1n) is 12.8. The van der Waals surface area contributed by atoms with Crippen molar-refractivity contribution < 1.29 is 14.3 Å². The second-order valence-corrected chi connectivity index (χ2v) is 12.3. The number of thiophene rings is 1. The highest BCUT2D eigenvalue weighted by molar-refractivity contribution is 14.1. The number of fused-ring (bicyclic) bond motifs is 1. The first-order chi connectivity index (χ1) is 19.5. The number of aryl methyl sites for hydroxylation is 1. The van der Waals surface area contributed by atoms with Crippen LogP contribution in [-0.2, 0) is 27.1 Å². The Morgan fingerprint density at radius 2 is 2.02 bits per heavy atom. The number of esters is 1. The van der Waals surface area contributed by atoms with Crippen molar-refractivity contribution in [3.05, 3.63) is 90.5 Å². The van der Waals surface area contributed by atoms with Crippen LogP contribution in [0.3, 0.4) is 0 Å². The van der Waals surface area contributed by atoms with Gasteiger partial charge in [-0.15, -0.1) is 11.3 Å². The van der Waals surface area contributed by atoms with E-state index in [0.717, 1.165) is 56.5 Å². The molecule has 2 aromatic heterocycles. The minimum absolute atomic E-state index is 0.0472. The summed E-state index contributed by atoms with van der Waals surface area (Å²) in [7, 11) is 0. The van der Waals surface area contributed by atoms with Crippen molar-refractivity contribution >= 4 is 51.7 Å². The summed E-state index contributed by atoms with van der Waals surface area (Å²) in [5, 5.41) is 22.9. The molecule has 3 aromatic rings. The van der Waals surface area contributed by atoms with Crippen LogP contribution in [0.2, 0.25) is 0 Å². The zero-order valence-electron chi connectivity index (χ0n) is 21.7. The predicted molar refractivity (Wildman–Crippen MR) is 163 cm³/mol. The van der Waals surface area contributed by atoms with Gasteiger partial charge in [0, 0.05) is 19.7 Å². The average molecular weight is 681 g/mol. The van der Waals surface area contributed by atoms with Gasteiger partial charge >= 0.3 is 5.97 Å². The molecule has 0 spiro atoms. The lowest BCUT2D eigenvalue weighted by molar-refractivity contribution is -0.139. The first-order valence-corrected chi connectivity index (χ1v) is 15.8. The number of hydrogen-bond acceptors (Lipinski definition) is 9. The lowest BCUT2D eigenvalue weighted by atomic mass is 9.83. The summed E-state index contributed by atoms with van der Waals surface area (Å²) >= 11 is 5.13. The zero-order valence-corrected chi connectivity index (χ0v) is 25.5. The molecule has 0 unspecified atom stereocenters. The minimum Gasteiger partial charge on any atom is -0.463 e. The van der Waals surface area contributed by atoms with E-state index in [0.29, 0.717) is 16.3 Å². The standard InChI is InChI=1S/C30H25IN4O3S2/c1-2-37-30(36)27-23(38-28(34)19(14-32)26(27)17-8-3-5-10-21(17)31)16-40-29-20(15-33)25(24-12-7-13-39-24)18-9-4-6-11-22(18)35-29/h3,5,7-8,10,12-13,26H,2,4,6,9,11,16,34H2,1H3/t26-/m0/s1. The van der Waals surface area contributed by atoms with Gasteiger partial charge in [-0.05, 0) is 83.8 Å². The fraction of sp³-hybridized carbons (Fsp3) is 0.267. The third-order valence-electron chi connectivity index (χ3n) is 6.87. The van der Waals surface area contributed by atoms with Crippen molar-refractivity contribution in [2.45, 2.75) is 43.6 Å². The maximum atomic E-state index is 13.4. The number of thioether (sulfide) groups is 1. The molecule has 7 nitrogen and oxygen atoms in total. The third-order valence-corrected chi connectivity index (χ3v) is 9.71. The lowest BCUT2D eigenvalue weighted by Crippen LogP contribution is -2.27. The molecule has 0 amide bonds. The van der Waals surface area contributed by atoms with Gasteiger partial charge in [0.15, 0.2) is 0 Å². The molecule has 10 heteroatoms. The number of ether oxygens (including phenoxy) is 2. The van der Waals surface area contributed by atoms with E-state index in [-0.39, 0.29) is 29.4 Å². The molecule has 2 aliphatic rings. The summed E-state index contributed by atoms with van der Waals surface area (Å²) in [6.07, 6.45) is 3.87. The van der Waals surface area contributed by atoms with Gasteiger partial charge in [-0.2, -0.15) is 10.5 Å². The van der Waals surface area contributed by atoms with Crippen LogP contribution < -0.4 is 5.73 Å². The Morgan fingerprint density at radius 3 is 2.73 bits per heavy atom. The van der Waals surface area contributed by atoms with Crippen molar-refractivity contribution in [3.63, 3.8) is 0 Å². The smallest absolute Gasteiger partial charge is 0.338 e. The summed E-state index contributed by atoms with van der Waals surface area (Å²) < 4.78 is 12.3. The Hall–Kier alpha value is -3.32. The van der Waals surface area contributed by atoms with Gasteiger partial charge in [-0.3, -0.25) is 0 Å². The van der Waals surface area contributed by atoms with Gasteiger partial charge in [-0.25, -0.2) is 9.78 Å². The SMILES string of the molecule is CCOC(=O)C1=C(CSc2nc3c(c(-c4cccs4)c2C#N)CCCC3)OC(N)=C(C#N)[C@@H]1c1ccccc1I. The van der Waals surface area contributed by atoms with Crippen molar-refractivity contribution in [1.82, 2.24) is 4.98 Å². The Bertz CT molecular complexity index is 1620. The average Bonchev–Trinajstić information content (AvgIpc) is 3.50. The fourth-order valence-corrected chi connectivity index (χ4v) is 7.58. The first kappa shape index (κ1) is 28.2. The van der Waals surface area contributed by atoms with Crippen LogP contribution in [0.15, 0.2) is 69.6 Å². The van der Waals surface area contributed by atoms with E-state index in [4.69, 9.17) is 20.2 Å². The van der Waals surface area contributed by atoms with Gasteiger partial charge in [-0.1, -0.05) is 36.0 Å². The highest BCUT2D eigenvalue weighted by Gasteiger charge is 2.38. The second kappa shape index (κ2) is 12.5. The highest BCUT2D eigenvalue weighted by Crippen LogP contribution is 2.44. The van der Waals surface area contributed by atoms with Crippen LogP contribution >= 0.6 is 45.7 Å². The number of carbonyl (C=O) groups excluding carboxylic acids is 1. The molecule has 0 bridgehead atoms. The quantitative estimate of drug-likeness (QED) is 0.169. The van der Waals surface area contributed by atoms with Crippen LogP contribution in [0.4, 0.5) is 0 Å². The van der Waals surface area contributed by atoms with Crippen molar-refractivity contribution in [3.8, 4) is 22.6 Å². The maximum absolute atomic E-state index is 13.4. The monoisotopic (exact) mass is 680 g/mol. The predicted octanol–water partition coefficient (Wildman–Crippen LogP) is 6.58. The number of aromatic nitrogens is 1. The molecule has 1 aliphatic heterocycles. The molecule has 0 radical (unpaired) electrons. The second-order valence-electron chi connectivity index (χ2n) is 9.18. The van der Waals surface area contributed by atoms with Gasteiger partial charge in [0.1, 0.15) is 28.5 Å². The van der Waals surface area contributed by atoms with Crippen molar-refractivity contribution in [2.75, 3.05) is 12.4 Å². The number of carbonyl (C=O) groups is 1. The number of nitrogens with zero attached hydrogens (tertiary/aromatic N) is 3. The number of hydrogen-bond donors (Lipinski definition) is 1. The van der Waals surface area contributed by atoms with E-state index in [2.05, 4.69) is 34.7 Å². The number of halogens is 1. The summed E-state index contributed by atoms with van der Waals surface area (Å²) in [5.74, 6) is -0.881. The van der Waals surface area contributed by atoms with Gasteiger partial charge in [0.25, 0.3) is 0 Å². The molecular weight excluding hydrogens is 655 g/mol. The summed E-state index contributed by atoms with van der Waals surface area (Å²) in [6.45, 7) is 1.90. The normalized spacial score (nSPS) is 16.6. The van der Waals surface area contributed by atoms with Crippen LogP contribution in [0.25, 0.3) is 10.4 Å². The molecule has 202 valence electrons. The summed E-state index contributed by atoms with van der Waals surface area (Å²) in [4.78, 5) is 19.4. The molecule has 1 atom stereocenters. The largest absolute Gasteiger partial charge is 0.463 e. The molecule has 3 heterocycles. The van der Waals surface area contributed by atoms with Gasteiger partial charge < -0.3 is 15.2 Å². The Balaban J connectivity index is 1.62. The topological polar surface area (TPSA) is 122 Å². The summed E-state index contributed by atoms with van der Waals surface area (Å²) in [5.41, 5.74) is 11.1. The molecule has 1 aromatic carbocycles. The fourth-order valence-electron chi connectivity index (χ4n) is 5.13. The molecule has 2 N–H and O–H groups in total.